The molecule has 2 rings (SSSR count). The fraction of sp³-hybridized carbons (Fsp3) is 0.391. The van der Waals surface area contributed by atoms with E-state index in [4.69, 9.17) is 5.73 Å². The molecule has 0 heterocycles. The van der Waals surface area contributed by atoms with Crippen LogP contribution in [0.4, 0.5) is 18.9 Å². The summed E-state index contributed by atoms with van der Waals surface area (Å²) < 4.78 is 41.3. The number of aliphatic hydroxyl groups excluding tert-OH is 1. The van der Waals surface area contributed by atoms with Crippen molar-refractivity contribution in [2.24, 2.45) is 5.73 Å². The van der Waals surface area contributed by atoms with Crippen molar-refractivity contribution in [2.75, 3.05) is 11.9 Å². The van der Waals surface area contributed by atoms with Gasteiger partial charge < -0.3 is 20.5 Å². The van der Waals surface area contributed by atoms with E-state index in [1.165, 1.54) is 17.7 Å². The predicted molar refractivity (Wildman–Crippen MR) is 114 cm³/mol. The molecule has 164 valence electrons. The molecule has 2 aromatic rings. The van der Waals surface area contributed by atoms with Gasteiger partial charge in [0.1, 0.15) is 5.75 Å². The molecule has 0 aromatic heterocycles. The summed E-state index contributed by atoms with van der Waals surface area (Å²) in [7, 11) is 1.91. The lowest BCUT2D eigenvalue weighted by Gasteiger charge is -2.28. The summed E-state index contributed by atoms with van der Waals surface area (Å²) in [6, 6.07) is 7.64. The maximum atomic E-state index is 12.5. The highest BCUT2D eigenvalue weighted by Gasteiger charge is 2.31. The molecule has 7 heteroatoms. The summed E-state index contributed by atoms with van der Waals surface area (Å²) in [6.07, 6.45) is -2.56. The molecule has 1 unspecified atom stereocenters. The minimum absolute atomic E-state index is 0.222. The predicted octanol–water partition coefficient (Wildman–Crippen LogP) is 5.82. The van der Waals surface area contributed by atoms with E-state index in [9.17, 15) is 18.3 Å². The van der Waals surface area contributed by atoms with Crippen molar-refractivity contribution in [1.82, 2.24) is 0 Å². The maximum absolute atomic E-state index is 12.5. The molecule has 0 radical (unpaired) electrons. The third-order valence-corrected chi connectivity index (χ3v) is 5.04. The molecule has 2 aromatic carbocycles. The van der Waals surface area contributed by atoms with Crippen LogP contribution < -0.4 is 15.4 Å². The molecule has 0 fully saturated rings. The van der Waals surface area contributed by atoms with E-state index in [1.807, 2.05) is 38.1 Å². The van der Waals surface area contributed by atoms with Crippen LogP contribution in [0, 0.1) is 6.92 Å². The number of halogens is 3. The minimum atomic E-state index is -4.73. The minimum Gasteiger partial charge on any atom is -0.406 e. The number of hydrogen-bond donors (Lipinski definition) is 2. The second-order valence-corrected chi connectivity index (χ2v) is 7.36. The van der Waals surface area contributed by atoms with Crippen molar-refractivity contribution in [1.29, 1.82) is 0 Å². The highest BCUT2D eigenvalue weighted by Crippen LogP contribution is 2.40. The SMILES string of the molecule is CC/C(C)=C/N(C)c1c(C)c(-c2ccc(OC(F)(F)F)cc2)cc(CN)c1C(C)O. The van der Waals surface area contributed by atoms with Gasteiger partial charge in [-0.1, -0.05) is 24.6 Å². The Morgan fingerprint density at radius 3 is 2.33 bits per heavy atom. The number of anilines is 1. The molecule has 0 saturated carbocycles. The Bertz CT molecular complexity index is 904. The second-order valence-electron chi connectivity index (χ2n) is 7.36. The molecule has 0 saturated heterocycles. The monoisotopic (exact) mass is 422 g/mol. The van der Waals surface area contributed by atoms with Gasteiger partial charge in [0.2, 0.25) is 0 Å². The van der Waals surface area contributed by atoms with E-state index in [0.717, 1.165) is 39.9 Å². The van der Waals surface area contributed by atoms with Crippen molar-refractivity contribution in [2.45, 2.75) is 53.1 Å². The van der Waals surface area contributed by atoms with Crippen molar-refractivity contribution in [3.63, 3.8) is 0 Å². The lowest BCUT2D eigenvalue weighted by atomic mass is 9.89. The first kappa shape index (κ1) is 23.8. The third kappa shape index (κ3) is 5.55. The van der Waals surface area contributed by atoms with Gasteiger partial charge in [-0.2, -0.15) is 0 Å². The van der Waals surface area contributed by atoms with Gasteiger partial charge in [-0.3, -0.25) is 0 Å². The van der Waals surface area contributed by atoms with Gasteiger partial charge in [-0.05, 0) is 67.6 Å². The van der Waals surface area contributed by atoms with E-state index >= 15 is 0 Å². The summed E-state index contributed by atoms with van der Waals surface area (Å²) >= 11 is 0. The van der Waals surface area contributed by atoms with Crippen LogP contribution in [0.15, 0.2) is 42.1 Å². The first-order valence-electron chi connectivity index (χ1n) is 9.79. The molecule has 0 spiro atoms. The van der Waals surface area contributed by atoms with Crippen LogP contribution in [-0.2, 0) is 6.54 Å². The third-order valence-electron chi connectivity index (χ3n) is 5.04. The fourth-order valence-corrected chi connectivity index (χ4v) is 3.55. The number of aliphatic hydroxyl groups is 1. The quantitative estimate of drug-likeness (QED) is 0.590. The van der Waals surface area contributed by atoms with Crippen molar-refractivity contribution in [3.05, 3.63) is 58.8 Å². The van der Waals surface area contributed by atoms with Crippen molar-refractivity contribution >= 4 is 5.69 Å². The molecule has 4 nitrogen and oxygen atoms in total. The fourth-order valence-electron chi connectivity index (χ4n) is 3.55. The highest BCUT2D eigenvalue weighted by molar-refractivity contribution is 5.79. The van der Waals surface area contributed by atoms with E-state index in [-0.39, 0.29) is 12.3 Å². The summed E-state index contributed by atoms with van der Waals surface area (Å²) in [5.41, 5.74) is 12.0. The van der Waals surface area contributed by atoms with E-state index < -0.39 is 12.5 Å². The molecule has 0 bridgehead atoms. The zero-order valence-corrected chi connectivity index (χ0v) is 18.0. The van der Waals surface area contributed by atoms with Crippen LogP contribution in [0.1, 0.15) is 50.0 Å². The zero-order chi connectivity index (χ0) is 22.6. The number of alkyl halides is 3. The van der Waals surface area contributed by atoms with Crippen LogP contribution >= 0.6 is 0 Å². The number of benzene rings is 2. The Morgan fingerprint density at radius 1 is 1.27 bits per heavy atom. The Hall–Kier alpha value is -2.51. The van der Waals surface area contributed by atoms with Crippen LogP contribution in [0.2, 0.25) is 0 Å². The topological polar surface area (TPSA) is 58.7 Å². The maximum Gasteiger partial charge on any atom is 0.573 e. The van der Waals surface area contributed by atoms with E-state index in [2.05, 4.69) is 11.7 Å². The first-order valence-corrected chi connectivity index (χ1v) is 9.79. The number of nitrogens with two attached hydrogens (primary N) is 1. The van der Waals surface area contributed by atoms with Gasteiger partial charge >= 0.3 is 6.36 Å². The molecular formula is C23H29F3N2O2. The lowest BCUT2D eigenvalue weighted by molar-refractivity contribution is -0.274. The van der Waals surface area contributed by atoms with Crippen molar-refractivity contribution in [3.8, 4) is 16.9 Å². The zero-order valence-electron chi connectivity index (χ0n) is 18.0. The van der Waals surface area contributed by atoms with Crippen molar-refractivity contribution < 1.29 is 23.0 Å². The van der Waals surface area contributed by atoms with Gasteiger partial charge in [0.05, 0.1) is 11.8 Å². The standard InChI is InChI=1S/C23H29F3N2O2/c1-6-14(2)13-28(5)22-15(3)20(11-18(12-27)21(22)16(4)29)17-7-9-19(10-8-17)30-23(24,25)26/h7-11,13,16,29H,6,12,27H2,1-5H3/b14-13+. The van der Waals surface area contributed by atoms with Crippen LogP contribution in [0.25, 0.3) is 11.1 Å². The lowest BCUT2D eigenvalue weighted by Crippen LogP contribution is -2.18. The number of nitrogens with zero attached hydrogens (tertiary/aromatic N) is 1. The number of hydrogen-bond acceptors (Lipinski definition) is 4. The summed E-state index contributed by atoms with van der Waals surface area (Å²) in [5, 5.41) is 10.5. The first-order chi connectivity index (χ1) is 14.0. The van der Waals surface area contributed by atoms with Gasteiger partial charge in [-0.15, -0.1) is 13.2 Å². The van der Waals surface area contributed by atoms with E-state index in [0.29, 0.717) is 0 Å². The molecule has 0 aliphatic heterocycles. The summed E-state index contributed by atoms with van der Waals surface area (Å²) in [4.78, 5) is 1.97. The van der Waals surface area contributed by atoms with Gasteiger partial charge in [0.25, 0.3) is 0 Å². The molecule has 3 N–H and O–H groups in total. The normalized spacial score (nSPS) is 13.3. The Balaban J connectivity index is 2.65. The highest BCUT2D eigenvalue weighted by atomic mass is 19.4. The van der Waals surface area contributed by atoms with Crippen LogP contribution in [0.3, 0.4) is 0 Å². The number of rotatable bonds is 7. The average molecular weight is 422 g/mol. The summed E-state index contributed by atoms with van der Waals surface area (Å²) in [6.45, 7) is 7.95. The van der Waals surface area contributed by atoms with Gasteiger partial charge in [0, 0.05) is 25.4 Å². The average Bonchev–Trinajstić information content (AvgIpc) is 2.66. The molecule has 30 heavy (non-hydrogen) atoms. The van der Waals surface area contributed by atoms with Gasteiger partial charge in [-0.25, -0.2) is 0 Å². The Morgan fingerprint density at radius 2 is 1.87 bits per heavy atom. The number of ether oxygens (including phenoxy) is 1. The van der Waals surface area contributed by atoms with Crippen LogP contribution in [-0.4, -0.2) is 18.5 Å². The molecule has 0 amide bonds. The molecular weight excluding hydrogens is 393 g/mol. The smallest absolute Gasteiger partial charge is 0.406 e. The Kier molecular flexibility index (Phi) is 7.55. The largest absolute Gasteiger partial charge is 0.573 e. The molecule has 0 aliphatic carbocycles. The Labute approximate surface area is 175 Å². The number of allylic oxidation sites excluding steroid dienone is 1. The van der Waals surface area contributed by atoms with Crippen LogP contribution in [0.5, 0.6) is 5.75 Å². The molecule has 0 aliphatic rings. The second kappa shape index (κ2) is 9.53. The summed E-state index contributed by atoms with van der Waals surface area (Å²) in [5.74, 6) is -0.276. The van der Waals surface area contributed by atoms with E-state index in [1.54, 1.807) is 19.1 Å². The molecule has 1 atom stereocenters. The van der Waals surface area contributed by atoms with Gasteiger partial charge in [0.15, 0.2) is 0 Å².